The smallest absolute Gasteiger partial charge is 0.251 e. The molecule has 0 unspecified atom stereocenters. The Balaban J connectivity index is 1.88. The standard InChI is InChI=1S/C14H17N3O3S/c1-21(19,20)16-9-8-15-14(18)12-4-6-13(7-5-12)17-10-2-3-11-17/h2-7,10-11,16H,8-9H2,1H3,(H,15,18). The molecule has 7 heteroatoms. The van der Waals surface area contributed by atoms with Crippen molar-refractivity contribution >= 4 is 15.9 Å². The van der Waals surface area contributed by atoms with Gasteiger partial charge < -0.3 is 9.88 Å². The van der Waals surface area contributed by atoms with Crippen molar-refractivity contribution in [1.29, 1.82) is 0 Å². The molecule has 1 amide bonds. The van der Waals surface area contributed by atoms with Crippen molar-refractivity contribution in [1.82, 2.24) is 14.6 Å². The maximum atomic E-state index is 11.9. The van der Waals surface area contributed by atoms with Crippen LogP contribution in [0.5, 0.6) is 0 Å². The lowest BCUT2D eigenvalue weighted by atomic mass is 10.2. The normalized spacial score (nSPS) is 11.3. The summed E-state index contributed by atoms with van der Waals surface area (Å²) in [7, 11) is -3.22. The van der Waals surface area contributed by atoms with Crippen LogP contribution in [-0.4, -0.2) is 38.2 Å². The molecule has 1 aromatic carbocycles. The zero-order valence-corrected chi connectivity index (χ0v) is 12.4. The maximum Gasteiger partial charge on any atom is 0.251 e. The van der Waals surface area contributed by atoms with Crippen LogP contribution in [0.15, 0.2) is 48.8 Å². The third-order valence-corrected chi connectivity index (χ3v) is 3.54. The van der Waals surface area contributed by atoms with Crippen LogP contribution in [0.3, 0.4) is 0 Å². The molecule has 1 heterocycles. The summed E-state index contributed by atoms with van der Waals surface area (Å²) in [5.41, 5.74) is 1.50. The molecule has 0 spiro atoms. The minimum Gasteiger partial charge on any atom is -0.351 e. The number of hydrogen-bond donors (Lipinski definition) is 2. The number of carbonyl (C=O) groups excluding carboxylic acids is 1. The second kappa shape index (κ2) is 6.55. The van der Waals surface area contributed by atoms with E-state index in [0.717, 1.165) is 11.9 Å². The molecule has 0 saturated heterocycles. The molecular formula is C14H17N3O3S. The largest absolute Gasteiger partial charge is 0.351 e. The van der Waals surface area contributed by atoms with Gasteiger partial charge in [0.25, 0.3) is 5.91 Å². The molecule has 2 aromatic rings. The average molecular weight is 307 g/mol. The monoisotopic (exact) mass is 307 g/mol. The molecule has 0 aliphatic heterocycles. The highest BCUT2D eigenvalue weighted by molar-refractivity contribution is 7.88. The van der Waals surface area contributed by atoms with Crippen molar-refractivity contribution in [2.75, 3.05) is 19.3 Å². The average Bonchev–Trinajstić information content (AvgIpc) is 2.96. The SMILES string of the molecule is CS(=O)(=O)NCCNC(=O)c1ccc(-n2cccc2)cc1. The number of benzene rings is 1. The van der Waals surface area contributed by atoms with E-state index in [1.807, 2.05) is 41.2 Å². The lowest BCUT2D eigenvalue weighted by molar-refractivity contribution is 0.0954. The van der Waals surface area contributed by atoms with E-state index in [9.17, 15) is 13.2 Å². The van der Waals surface area contributed by atoms with Crippen LogP contribution in [0.2, 0.25) is 0 Å². The van der Waals surface area contributed by atoms with Gasteiger partial charge in [0.2, 0.25) is 10.0 Å². The van der Waals surface area contributed by atoms with Crippen molar-refractivity contribution in [3.05, 3.63) is 54.4 Å². The topological polar surface area (TPSA) is 80.2 Å². The van der Waals surface area contributed by atoms with Crippen LogP contribution in [0.25, 0.3) is 5.69 Å². The number of carbonyl (C=O) groups is 1. The molecule has 0 radical (unpaired) electrons. The summed E-state index contributed by atoms with van der Waals surface area (Å²) < 4.78 is 26.0. The van der Waals surface area contributed by atoms with E-state index in [1.54, 1.807) is 12.1 Å². The van der Waals surface area contributed by atoms with E-state index in [2.05, 4.69) is 10.0 Å². The molecule has 6 nitrogen and oxygen atoms in total. The van der Waals surface area contributed by atoms with Gasteiger partial charge in [-0.1, -0.05) is 0 Å². The van der Waals surface area contributed by atoms with Gasteiger partial charge in [0.1, 0.15) is 0 Å². The van der Waals surface area contributed by atoms with Crippen LogP contribution in [0.4, 0.5) is 0 Å². The first-order valence-electron chi connectivity index (χ1n) is 6.42. The summed E-state index contributed by atoms with van der Waals surface area (Å²) in [4.78, 5) is 11.9. The number of amides is 1. The van der Waals surface area contributed by atoms with Crippen molar-refractivity contribution in [2.24, 2.45) is 0 Å². The quantitative estimate of drug-likeness (QED) is 0.773. The van der Waals surface area contributed by atoms with E-state index in [-0.39, 0.29) is 19.0 Å². The van der Waals surface area contributed by atoms with E-state index in [1.165, 1.54) is 0 Å². The Hall–Kier alpha value is -2.12. The van der Waals surface area contributed by atoms with Crippen LogP contribution in [-0.2, 0) is 10.0 Å². The zero-order valence-electron chi connectivity index (χ0n) is 11.6. The fourth-order valence-electron chi connectivity index (χ4n) is 1.81. The summed E-state index contributed by atoms with van der Waals surface area (Å²) in [5.74, 6) is -0.232. The van der Waals surface area contributed by atoms with Crippen LogP contribution >= 0.6 is 0 Å². The number of hydrogen-bond acceptors (Lipinski definition) is 3. The Labute approximate surface area is 123 Å². The lowest BCUT2D eigenvalue weighted by Crippen LogP contribution is -2.34. The molecular weight excluding hydrogens is 290 g/mol. The summed E-state index contributed by atoms with van der Waals surface area (Å²) in [6.07, 6.45) is 4.92. The van der Waals surface area contributed by atoms with Gasteiger partial charge in [-0.2, -0.15) is 0 Å². The lowest BCUT2D eigenvalue weighted by Gasteiger charge is -2.07. The first kappa shape index (κ1) is 15.3. The van der Waals surface area contributed by atoms with Crippen LogP contribution < -0.4 is 10.0 Å². The van der Waals surface area contributed by atoms with E-state index < -0.39 is 10.0 Å². The van der Waals surface area contributed by atoms with E-state index in [4.69, 9.17) is 0 Å². The summed E-state index contributed by atoms with van der Waals surface area (Å²) in [6.45, 7) is 0.414. The number of nitrogens with one attached hydrogen (secondary N) is 2. The van der Waals surface area contributed by atoms with Gasteiger partial charge in [-0.25, -0.2) is 13.1 Å². The maximum absolute atomic E-state index is 11.9. The van der Waals surface area contributed by atoms with Crippen LogP contribution in [0.1, 0.15) is 10.4 Å². The van der Waals surface area contributed by atoms with Gasteiger partial charge in [0.05, 0.1) is 6.26 Å². The molecule has 0 aliphatic carbocycles. The first-order valence-corrected chi connectivity index (χ1v) is 8.31. The first-order chi connectivity index (χ1) is 9.96. The predicted molar refractivity (Wildman–Crippen MR) is 80.9 cm³/mol. The molecule has 0 atom stereocenters. The molecule has 0 bridgehead atoms. The van der Waals surface area contributed by atoms with Gasteiger partial charge >= 0.3 is 0 Å². The molecule has 0 saturated carbocycles. The highest BCUT2D eigenvalue weighted by Crippen LogP contribution is 2.09. The second-order valence-electron chi connectivity index (χ2n) is 4.56. The Kier molecular flexibility index (Phi) is 4.77. The highest BCUT2D eigenvalue weighted by Gasteiger charge is 2.06. The molecule has 2 rings (SSSR count). The van der Waals surface area contributed by atoms with E-state index in [0.29, 0.717) is 5.56 Å². The predicted octanol–water partition coefficient (Wildman–Crippen LogP) is 0.756. The summed E-state index contributed by atoms with van der Waals surface area (Å²) in [6, 6.07) is 11.0. The Morgan fingerprint density at radius 3 is 2.29 bits per heavy atom. The molecule has 112 valence electrons. The number of aromatic nitrogens is 1. The van der Waals surface area contributed by atoms with Gasteiger partial charge in [0, 0.05) is 36.7 Å². The van der Waals surface area contributed by atoms with Crippen LogP contribution in [0, 0.1) is 0 Å². The van der Waals surface area contributed by atoms with Gasteiger partial charge in [0.15, 0.2) is 0 Å². The fraction of sp³-hybridized carbons (Fsp3) is 0.214. The Morgan fingerprint density at radius 1 is 1.10 bits per heavy atom. The van der Waals surface area contributed by atoms with Crippen molar-refractivity contribution in [2.45, 2.75) is 0 Å². The Bertz CT molecular complexity index is 692. The third kappa shape index (κ3) is 4.73. The van der Waals surface area contributed by atoms with Gasteiger partial charge in [-0.3, -0.25) is 4.79 Å². The van der Waals surface area contributed by atoms with Crippen molar-refractivity contribution in [3.8, 4) is 5.69 Å². The summed E-state index contributed by atoms with van der Waals surface area (Å²) in [5, 5.41) is 2.65. The van der Waals surface area contributed by atoms with Gasteiger partial charge in [-0.05, 0) is 36.4 Å². The Morgan fingerprint density at radius 2 is 1.71 bits per heavy atom. The molecule has 2 N–H and O–H groups in total. The van der Waals surface area contributed by atoms with Gasteiger partial charge in [-0.15, -0.1) is 0 Å². The highest BCUT2D eigenvalue weighted by atomic mass is 32.2. The zero-order chi connectivity index (χ0) is 15.3. The molecule has 0 aliphatic rings. The number of nitrogens with zero attached hydrogens (tertiary/aromatic N) is 1. The molecule has 0 fully saturated rings. The van der Waals surface area contributed by atoms with Crippen molar-refractivity contribution < 1.29 is 13.2 Å². The molecule has 1 aromatic heterocycles. The van der Waals surface area contributed by atoms with E-state index >= 15 is 0 Å². The number of sulfonamides is 1. The minimum absolute atomic E-state index is 0.173. The third-order valence-electron chi connectivity index (χ3n) is 2.81. The fourth-order valence-corrected chi connectivity index (χ4v) is 2.28. The van der Waals surface area contributed by atoms with Crippen molar-refractivity contribution in [3.63, 3.8) is 0 Å². The summed E-state index contributed by atoms with van der Waals surface area (Å²) >= 11 is 0. The second-order valence-corrected chi connectivity index (χ2v) is 6.39. The minimum atomic E-state index is -3.22. The number of rotatable bonds is 6. The molecule has 21 heavy (non-hydrogen) atoms.